The van der Waals surface area contributed by atoms with Gasteiger partial charge in [0.15, 0.2) is 0 Å². The van der Waals surface area contributed by atoms with E-state index in [9.17, 15) is 15.2 Å². The Kier molecular flexibility index (Phi) is 5.17. The summed E-state index contributed by atoms with van der Waals surface area (Å²) < 4.78 is 1.89. The lowest BCUT2D eigenvalue weighted by Crippen LogP contribution is -2.16. The first-order chi connectivity index (χ1) is 14.2. The molecule has 2 N–H and O–H groups in total. The van der Waals surface area contributed by atoms with Crippen molar-refractivity contribution in [3.8, 4) is 5.69 Å². The smallest absolute Gasteiger partial charge is 0.329 e. The third-order valence-electron chi connectivity index (χ3n) is 4.94. The van der Waals surface area contributed by atoms with Crippen LogP contribution in [-0.4, -0.2) is 29.8 Å². The molecule has 0 spiro atoms. The van der Waals surface area contributed by atoms with Gasteiger partial charge in [-0.05, 0) is 62.1 Å². The van der Waals surface area contributed by atoms with Crippen molar-refractivity contribution in [3.63, 3.8) is 0 Å². The lowest BCUT2D eigenvalue weighted by molar-refractivity contribution is -0.384. The number of rotatable bonds is 7. The highest BCUT2D eigenvalue weighted by Crippen LogP contribution is 2.42. The van der Waals surface area contributed by atoms with E-state index < -0.39 is 10.5 Å². The number of benzene rings is 1. The van der Waals surface area contributed by atoms with Crippen LogP contribution in [0, 0.1) is 10.1 Å². The van der Waals surface area contributed by atoms with E-state index in [1.54, 1.807) is 13.8 Å². The van der Waals surface area contributed by atoms with Crippen LogP contribution in [0.1, 0.15) is 49.6 Å². The maximum Gasteiger partial charge on any atom is 0.329 e. The second-order valence-corrected chi connectivity index (χ2v) is 8.19. The van der Waals surface area contributed by atoms with Gasteiger partial charge in [-0.25, -0.2) is 9.67 Å². The van der Waals surface area contributed by atoms with Crippen LogP contribution < -0.4 is 5.32 Å². The monoisotopic (exact) mass is 428 g/mol. The van der Waals surface area contributed by atoms with Crippen molar-refractivity contribution in [1.29, 1.82) is 0 Å². The van der Waals surface area contributed by atoms with E-state index in [0.717, 1.165) is 36.0 Å². The number of halogens is 1. The highest BCUT2D eigenvalue weighted by Gasteiger charge is 2.31. The fourth-order valence-electron chi connectivity index (χ4n) is 3.13. The molecule has 156 valence electrons. The van der Waals surface area contributed by atoms with E-state index in [0.29, 0.717) is 18.2 Å². The van der Waals surface area contributed by atoms with Crippen molar-refractivity contribution >= 4 is 23.1 Å². The molecule has 0 saturated heterocycles. The zero-order chi connectivity index (χ0) is 21.5. The molecule has 0 radical (unpaired) electrons. The van der Waals surface area contributed by atoms with Crippen LogP contribution in [0.5, 0.6) is 0 Å². The lowest BCUT2D eigenvalue weighted by Gasteiger charge is -2.13. The quantitative estimate of drug-likeness (QED) is 0.332. The molecule has 0 atom stereocenters. The Bertz CT molecular complexity index is 1090. The lowest BCUT2D eigenvalue weighted by atomic mass is 10.1. The molecule has 1 fully saturated rings. The van der Waals surface area contributed by atoms with Gasteiger partial charge in [-0.15, -0.1) is 0 Å². The van der Waals surface area contributed by atoms with E-state index in [-0.39, 0.29) is 16.8 Å². The van der Waals surface area contributed by atoms with Crippen LogP contribution in [0.15, 0.2) is 36.5 Å². The van der Waals surface area contributed by atoms with Gasteiger partial charge in [0.2, 0.25) is 11.1 Å². The largest absolute Gasteiger partial charge is 0.384 e. The minimum atomic E-state index is -1.01. The second kappa shape index (κ2) is 7.66. The number of aliphatic hydroxyl groups is 1. The molecule has 0 aliphatic heterocycles. The zero-order valence-electron chi connectivity index (χ0n) is 16.5. The molecular weight excluding hydrogens is 408 g/mol. The van der Waals surface area contributed by atoms with Gasteiger partial charge in [-0.2, -0.15) is 10.1 Å². The summed E-state index contributed by atoms with van der Waals surface area (Å²) in [5, 5.41) is 29.0. The third kappa shape index (κ3) is 4.27. The van der Waals surface area contributed by atoms with E-state index in [1.165, 1.54) is 0 Å². The molecule has 0 amide bonds. The molecule has 30 heavy (non-hydrogen) atoms. The molecule has 2 heterocycles. The maximum absolute atomic E-state index is 11.1. The summed E-state index contributed by atoms with van der Waals surface area (Å²) in [7, 11) is 0. The molecular formula is C20H21ClN6O3. The molecule has 10 heteroatoms. The standard InChI is InChI=1S/C20H21ClN6O3/c1-20(2,28)17-9-15(13-5-6-13)26(25-17)14-7-3-12(4-8-14)10-22-18-16(27(29)30)11-23-19(21)24-18/h3-4,7-9,11,13,28H,5-6,10H2,1-2H3,(H,22,23,24). The summed E-state index contributed by atoms with van der Waals surface area (Å²) in [6.07, 6.45) is 3.33. The Morgan fingerprint density at radius 3 is 2.63 bits per heavy atom. The molecule has 2 aromatic heterocycles. The summed E-state index contributed by atoms with van der Waals surface area (Å²) >= 11 is 5.76. The Balaban J connectivity index is 1.54. The Hall–Kier alpha value is -3.04. The number of aromatic nitrogens is 4. The first kappa shape index (κ1) is 20.2. The van der Waals surface area contributed by atoms with E-state index >= 15 is 0 Å². The highest BCUT2D eigenvalue weighted by atomic mass is 35.5. The molecule has 9 nitrogen and oxygen atoms in total. The molecule has 0 bridgehead atoms. The van der Waals surface area contributed by atoms with Crippen LogP contribution >= 0.6 is 11.6 Å². The number of nitrogens with one attached hydrogen (secondary N) is 1. The van der Waals surface area contributed by atoms with Crippen molar-refractivity contribution < 1.29 is 10.0 Å². The summed E-state index contributed by atoms with van der Waals surface area (Å²) in [6, 6.07) is 9.68. The average molecular weight is 429 g/mol. The number of anilines is 1. The van der Waals surface area contributed by atoms with Crippen LogP contribution in [0.25, 0.3) is 5.69 Å². The number of nitrogens with zero attached hydrogens (tertiary/aromatic N) is 5. The van der Waals surface area contributed by atoms with Gasteiger partial charge in [0, 0.05) is 18.2 Å². The summed E-state index contributed by atoms with van der Waals surface area (Å²) in [5.41, 5.74) is 2.30. The molecule has 4 rings (SSSR count). The summed E-state index contributed by atoms with van der Waals surface area (Å²) in [5.74, 6) is 0.542. The minimum Gasteiger partial charge on any atom is -0.384 e. The van der Waals surface area contributed by atoms with Gasteiger partial charge in [0.1, 0.15) is 11.8 Å². The van der Waals surface area contributed by atoms with Crippen molar-refractivity contribution in [1.82, 2.24) is 19.7 Å². The van der Waals surface area contributed by atoms with E-state index in [4.69, 9.17) is 11.6 Å². The molecule has 1 aliphatic rings. The molecule has 1 aromatic carbocycles. The summed E-state index contributed by atoms with van der Waals surface area (Å²) in [6.45, 7) is 3.78. The first-order valence-electron chi connectivity index (χ1n) is 9.55. The Labute approximate surface area is 177 Å². The molecule has 1 aliphatic carbocycles. The minimum absolute atomic E-state index is 0.0626. The fourth-order valence-corrected chi connectivity index (χ4v) is 3.26. The maximum atomic E-state index is 11.1. The zero-order valence-corrected chi connectivity index (χ0v) is 17.3. The first-order valence-corrected chi connectivity index (χ1v) is 9.93. The Morgan fingerprint density at radius 1 is 1.33 bits per heavy atom. The molecule has 3 aromatic rings. The second-order valence-electron chi connectivity index (χ2n) is 7.85. The van der Waals surface area contributed by atoms with Crippen molar-refractivity contribution in [3.05, 3.63) is 68.9 Å². The summed E-state index contributed by atoms with van der Waals surface area (Å²) in [4.78, 5) is 18.1. The van der Waals surface area contributed by atoms with Crippen LogP contribution in [-0.2, 0) is 12.1 Å². The van der Waals surface area contributed by atoms with Gasteiger partial charge < -0.3 is 10.4 Å². The topological polar surface area (TPSA) is 119 Å². The van der Waals surface area contributed by atoms with E-state index in [2.05, 4.69) is 20.4 Å². The Morgan fingerprint density at radius 2 is 2.03 bits per heavy atom. The highest BCUT2D eigenvalue weighted by molar-refractivity contribution is 6.28. The fraction of sp³-hybridized carbons (Fsp3) is 0.350. The van der Waals surface area contributed by atoms with Gasteiger partial charge in [-0.1, -0.05) is 12.1 Å². The van der Waals surface area contributed by atoms with Crippen molar-refractivity contribution in [2.24, 2.45) is 0 Å². The van der Waals surface area contributed by atoms with Gasteiger partial charge in [0.25, 0.3) is 0 Å². The predicted octanol–water partition coefficient (Wildman–Crippen LogP) is 3.94. The average Bonchev–Trinajstić information content (AvgIpc) is 3.43. The van der Waals surface area contributed by atoms with Crippen LogP contribution in [0.2, 0.25) is 5.28 Å². The number of hydrogen-bond acceptors (Lipinski definition) is 7. The van der Waals surface area contributed by atoms with Gasteiger partial charge in [-0.3, -0.25) is 10.1 Å². The van der Waals surface area contributed by atoms with Crippen LogP contribution in [0.4, 0.5) is 11.5 Å². The number of hydrogen-bond donors (Lipinski definition) is 2. The number of nitro groups is 1. The predicted molar refractivity (Wildman–Crippen MR) is 112 cm³/mol. The van der Waals surface area contributed by atoms with Crippen molar-refractivity contribution in [2.45, 2.75) is 44.8 Å². The normalized spacial score (nSPS) is 14.0. The third-order valence-corrected chi connectivity index (χ3v) is 5.12. The van der Waals surface area contributed by atoms with Crippen LogP contribution in [0.3, 0.4) is 0 Å². The van der Waals surface area contributed by atoms with Gasteiger partial charge in [0.05, 0.1) is 16.3 Å². The SMILES string of the molecule is CC(C)(O)c1cc(C2CC2)n(-c2ccc(CNc3nc(Cl)ncc3[N+](=O)[O-])cc2)n1. The molecule has 1 saturated carbocycles. The van der Waals surface area contributed by atoms with Crippen molar-refractivity contribution in [2.75, 3.05) is 5.32 Å². The van der Waals surface area contributed by atoms with E-state index in [1.807, 2.05) is 35.0 Å². The molecule has 0 unspecified atom stereocenters. The van der Waals surface area contributed by atoms with Gasteiger partial charge >= 0.3 is 5.69 Å².